The molecule has 1 heterocycles. The second kappa shape index (κ2) is 9.09. The van der Waals surface area contributed by atoms with E-state index in [1.165, 1.54) is 7.11 Å². The van der Waals surface area contributed by atoms with Crippen molar-refractivity contribution in [2.24, 2.45) is 0 Å². The lowest BCUT2D eigenvalue weighted by atomic mass is 10.2. The number of halogens is 2. The Morgan fingerprint density at radius 1 is 1.21 bits per heavy atom. The number of esters is 1. The molecule has 0 atom stereocenters. The molecule has 0 saturated heterocycles. The summed E-state index contributed by atoms with van der Waals surface area (Å²) in [4.78, 5) is 28.3. The molecule has 28 heavy (non-hydrogen) atoms. The number of amides is 1. The van der Waals surface area contributed by atoms with Crippen LogP contribution in [-0.2, 0) is 9.53 Å². The number of nitrogens with one attached hydrogen (secondary N) is 2. The topological polar surface area (TPSA) is 97.0 Å². The molecular formula is C18H14Cl2N4O3S. The lowest BCUT2D eigenvalue weighted by Crippen LogP contribution is -2.17. The third kappa shape index (κ3) is 4.83. The summed E-state index contributed by atoms with van der Waals surface area (Å²) in [5.74, 6) is -0.305. The van der Waals surface area contributed by atoms with Crippen molar-refractivity contribution in [3.63, 3.8) is 0 Å². The first-order chi connectivity index (χ1) is 13.5. The number of thioether (sulfide) groups is 1. The Morgan fingerprint density at radius 2 is 2.00 bits per heavy atom. The van der Waals surface area contributed by atoms with Gasteiger partial charge in [0.25, 0.3) is 0 Å². The fourth-order valence-corrected chi connectivity index (χ4v) is 3.41. The van der Waals surface area contributed by atoms with Gasteiger partial charge < -0.3 is 10.1 Å². The summed E-state index contributed by atoms with van der Waals surface area (Å²) in [5.41, 5.74) is 1.31. The number of methoxy groups -OCH3 is 1. The SMILES string of the molecule is COC(=O)c1ccccc1NC(=O)CSc1n[nH]c(-c2ccc(Cl)cc2Cl)n1. The van der Waals surface area contributed by atoms with Gasteiger partial charge in [-0.2, -0.15) is 0 Å². The zero-order chi connectivity index (χ0) is 20.1. The molecule has 0 aliphatic rings. The highest BCUT2D eigenvalue weighted by molar-refractivity contribution is 7.99. The van der Waals surface area contributed by atoms with Gasteiger partial charge in [-0.15, -0.1) is 5.10 Å². The van der Waals surface area contributed by atoms with Crippen LogP contribution in [0.1, 0.15) is 10.4 Å². The number of ether oxygens (including phenoxy) is 1. The summed E-state index contributed by atoms with van der Waals surface area (Å²) >= 11 is 13.2. The van der Waals surface area contributed by atoms with E-state index in [-0.39, 0.29) is 17.2 Å². The smallest absolute Gasteiger partial charge is 0.339 e. The van der Waals surface area contributed by atoms with Crippen LogP contribution in [0.3, 0.4) is 0 Å². The number of hydrogen-bond acceptors (Lipinski definition) is 6. The molecule has 2 aromatic carbocycles. The molecule has 1 amide bonds. The van der Waals surface area contributed by atoms with Crippen molar-refractivity contribution in [2.75, 3.05) is 18.2 Å². The molecule has 0 aliphatic carbocycles. The number of rotatable bonds is 6. The van der Waals surface area contributed by atoms with Crippen LogP contribution in [0, 0.1) is 0 Å². The number of carbonyl (C=O) groups is 2. The van der Waals surface area contributed by atoms with Gasteiger partial charge in [-0.25, -0.2) is 9.78 Å². The predicted octanol–water partition coefficient (Wildman–Crippen LogP) is 4.30. The van der Waals surface area contributed by atoms with Gasteiger partial charge in [-0.05, 0) is 30.3 Å². The van der Waals surface area contributed by atoms with Gasteiger partial charge in [0, 0.05) is 10.6 Å². The zero-order valence-electron chi connectivity index (χ0n) is 14.5. The van der Waals surface area contributed by atoms with Crippen LogP contribution in [0.15, 0.2) is 47.6 Å². The van der Waals surface area contributed by atoms with Crippen molar-refractivity contribution in [1.82, 2.24) is 15.2 Å². The number of H-pyrrole nitrogens is 1. The zero-order valence-corrected chi connectivity index (χ0v) is 16.9. The van der Waals surface area contributed by atoms with E-state index >= 15 is 0 Å². The minimum absolute atomic E-state index is 0.0567. The Balaban J connectivity index is 1.63. The molecular weight excluding hydrogens is 423 g/mol. The minimum atomic E-state index is -0.526. The number of anilines is 1. The van der Waals surface area contributed by atoms with Crippen molar-refractivity contribution >= 4 is 52.5 Å². The van der Waals surface area contributed by atoms with Gasteiger partial charge in [-0.3, -0.25) is 9.89 Å². The number of aromatic amines is 1. The third-order valence-corrected chi connectivity index (χ3v) is 4.99. The molecule has 1 aromatic heterocycles. The van der Waals surface area contributed by atoms with Crippen LogP contribution >= 0.6 is 35.0 Å². The second-order valence-electron chi connectivity index (χ2n) is 5.46. The van der Waals surface area contributed by atoms with E-state index in [4.69, 9.17) is 27.9 Å². The molecule has 2 N–H and O–H groups in total. The summed E-state index contributed by atoms with van der Waals surface area (Å²) < 4.78 is 4.71. The van der Waals surface area contributed by atoms with E-state index in [0.29, 0.717) is 32.3 Å². The molecule has 0 saturated carbocycles. The van der Waals surface area contributed by atoms with Gasteiger partial charge in [-0.1, -0.05) is 47.1 Å². The van der Waals surface area contributed by atoms with Gasteiger partial charge in [0.15, 0.2) is 5.82 Å². The monoisotopic (exact) mass is 436 g/mol. The van der Waals surface area contributed by atoms with Crippen molar-refractivity contribution in [2.45, 2.75) is 5.16 Å². The predicted molar refractivity (Wildman–Crippen MR) is 109 cm³/mol. The number of hydrogen-bond donors (Lipinski definition) is 2. The van der Waals surface area contributed by atoms with Crippen molar-refractivity contribution in [3.05, 3.63) is 58.1 Å². The molecule has 0 aliphatic heterocycles. The molecule has 0 unspecified atom stereocenters. The quantitative estimate of drug-likeness (QED) is 0.441. The van der Waals surface area contributed by atoms with Crippen LogP contribution < -0.4 is 5.32 Å². The number of aromatic nitrogens is 3. The highest BCUT2D eigenvalue weighted by atomic mass is 35.5. The first-order valence-corrected chi connectivity index (χ1v) is 9.70. The Bertz CT molecular complexity index is 1030. The summed E-state index contributed by atoms with van der Waals surface area (Å²) in [6, 6.07) is 11.6. The van der Waals surface area contributed by atoms with Crippen LogP contribution in [0.4, 0.5) is 5.69 Å². The highest BCUT2D eigenvalue weighted by Crippen LogP contribution is 2.29. The molecule has 7 nitrogen and oxygen atoms in total. The lowest BCUT2D eigenvalue weighted by molar-refractivity contribution is -0.113. The summed E-state index contributed by atoms with van der Waals surface area (Å²) in [6.07, 6.45) is 0. The average Bonchev–Trinajstić information content (AvgIpc) is 3.15. The molecule has 0 fully saturated rings. The summed E-state index contributed by atoms with van der Waals surface area (Å²) in [6.45, 7) is 0. The van der Waals surface area contributed by atoms with Gasteiger partial charge in [0.1, 0.15) is 0 Å². The largest absolute Gasteiger partial charge is 0.465 e. The maximum Gasteiger partial charge on any atom is 0.339 e. The summed E-state index contributed by atoms with van der Waals surface area (Å²) in [7, 11) is 1.28. The van der Waals surface area contributed by atoms with Crippen molar-refractivity contribution < 1.29 is 14.3 Å². The molecule has 3 rings (SSSR count). The maximum atomic E-state index is 12.2. The van der Waals surface area contributed by atoms with E-state index in [1.54, 1.807) is 42.5 Å². The molecule has 0 radical (unpaired) electrons. The van der Waals surface area contributed by atoms with Gasteiger partial charge >= 0.3 is 5.97 Å². The van der Waals surface area contributed by atoms with E-state index < -0.39 is 5.97 Å². The third-order valence-electron chi connectivity index (χ3n) is 3.59. The first-order valence-electron chi connectivity index (χ1n) is 7.95. The fourth-order valence-electron chi connectivity index (χ4n) is 2.31. The fraction of sp³-hybridized carbons (Fsp3) is 0.111. The average molecular weight is 437 g/mol. The normalized spacial score (nSPS) is 10.5. The Labute approximate surface area is 174 Å². The second-order valence-corrected chi connectivity index (χ2v) is 7.25. The van der Waals surface area contributed by atoms with Crippen molar-refractivity contribution in [3.8, 4) is 11.4 Å². The van der Waals surface area contributed by atoms with Crippen LogP contribution in [0.5, 0.6) is 0 Å². The first kappa shape index (κ1) is 20.2. The van der Waals surface area contributed by atoms with E-state index in [9.17, 15) is 9.59 Å². The Kier molecular flexibility index (Phi) is 6.56. The van der Waals surface area contributed by atoms with Crippen molar-refractivity contribution in [1.29, 1.82) is 0 Å². The number of carbonyl (C=O) groups excluding carboxylic acids is 2. The molecule has 3 aromatic rings. The standard InChI is InChI=1S/C18H14Cl2N4O3S/c1-27-17(26)12-4-2-3-5-14(12)21-15(25)9-28-18-22-16(23-24-18)11-7-6-10(19)8-13(11)20/h2-8H,9H2,1H3,(H,21,25)(H,22,23,24). The number of para-hydroxylation sites is 1. The molecule has 144 valence electrons. The minimum Gasteiger partial charge on any atom is -0.465 e. The van der Waals surface area contributed by atoms with Gasteiger partial charge in [0.2, 0.25) is 11.1 Å². The van der Waals surface area contributed by atoms with Crippen LogP contribution in [0.2, 0.25) is 10.0 Å². The lowest BCUT2D eigenvalue weighted by Gasteiger charge is -2.08. The number of benzene rings is 2. The molecule has 10 heteroatoms. The van der Waals surface area contributed by atoms with E-state index in [1.807, 2.05) is 0 Å². The summed E-state index contributed by atoms with van der Waals surface area (Å²) in [5, 5.41) is 10.9. The highest BCUT2D eigenvalue weighted by Gasteiger charge is 2.15. The van der Waals surface area contributed by atoms with Crippen LogP contribution in [0.25, 0.3) is 11.4 Å². The Hall–Kier alpha value is -2.55. The molecule has 0 spiro atoms. The van der Waals surface area contributed by atoms with Crippen LogP contribution in [-0.4, -0.2) is 39.9 Å². The maximum absolute atomic E-state index is 12.2. The number of nitrogens with zero attached hydrogens (tertiary/aromatic N) is 2. The van der Waals surface area contributed by atoms with Gasteiger partial charge in [0.05, 0.1) is 29.1 Å². The Morgan fingerprint density at radius 3 is 2.75 bits per heavy atom. The van der Waals surface area contributed by atoms with E-state index in [0.717, 1.165) is 11.8 Å². The van der Waals surface area contributed by atoms with E-state index in [2.05, 4.69) is 20.5 Å². The molecule has 0 bridgehead atoms.